The molecular weight excluding hydrogens is 214 g/mol. The molecule has 1 atom stereocenters. The predicted octanol–water partition coefficient (Wildman–Crippen LogP) is 2.70. The van der Waals surface area contributed by atoms with Gasteiger partial charge in [0.05, 0.1) is 5.56 Å². The lowest BCUT2D eigenvalue weighted by Gasteiger charge is -2.17. The summed E-state index contributed by atoms with van der Waals surface area (Å²) in [6.07, 6.45) is 4.59. The number of carbonyl (C=O) groups is 1. The van der Waals surface area contributed by atoms with E-state index < -0.39 is 0 Å². The first-order chi connectivity index (χ1) is 8.20. The van der Waals surface area contributed by atoms with Crippen molar-refractivity contribution in [3.05, 3.63) is 29.8 Å². The average Bonchev–Trinajstić information content (AvgIpc) is 3.12. The molecular formula is C14H19NO2. The number of benzene rings is 1. The minimum atomic E-state index is -0.171. The van der Waals surface area contributed by atoms with Gasteiger partial charge in [-0.05, 0) is 30.9 Å². The monoisotopic (exact) mass is 233 g/mol. The summed E-state index contributed by atoms with van der Waals surface area (Å²) in [5.74, 6) is 0.673. The molecule has 1 aliphatic rings. The van der Waals surface area contributed by atoms with Gasteiger partial charge in [-0.2, -0.15) is 0 Å². The van der Waals surface area contributed by atoms with Gasteiger partial charge >= 0.3 is 0 Å². The quantitative estimate of drug-likeness (QED) is 0.821. The molecule has 1 amide bonds. The van der Waals surface area contributed by atoms with E-state index in [0.29, 0.717) is 5.56 Å². The van der Waals surface area contributed by atoms with E-state index in [2.05, 4.69) is 12.2 Å². The van der Waals surface area contributed by atoms with Gasteiger partial charge in [-0.25, -0.2) is 0 Å². The van der Waals surface area contributed by atoms with E-state index in [1.54, 1.807) is 18.2 Å². The van der Waals surface area contributed by atoms with E-state index in [-0.39, 0.29) is 17.7 Å². The maximum Gasteiger partial charge on any atom is 0.255 e. The first-order valence-electron chi connectivity index (χ1n) is 6.29. The van der Waals surface area contributed by atoms with Gasteiger partial charge in [0.2, 0.25) is 0 Å². The molecule has 0 saturated heterocycles. The third-order valence-corrected chi connectivity index (χ3v) is 3.29. The summed E-state index contributed by atoms with van der Waals surface area (Å²) in [5, 5.41) is 12.6. The third-order valence-electron chi connectivity index (χ3n) is 3.29. The Kier molecular flexibility index (Phi) is 3.67. The van der Waals surface area contributed by atoms with Crippen molar-refractivity contribution < 1.29 is 9.90 Å². The van der Waals surface area contributed by atoms with Crippen LogP contribution in [0, 0.1) is 5.92 Å². The number of para-hydroxylation sites is 1. The first-order valence-corrected chi connectivity index (χ1v) is 6.29. The predicted molar refractivity (Wildman–Crippen MR) is 67.0 cm³/mol. The molecule has 1 unspecified atom stereocenters. The molecule has 1 aromatic rings. The number of phenols is 1. The highest BCUT2D eigenvalue weighted by Gasteiger charge is 2.25. The summed E-state index contributed by atoms with van der Waals surface area (Å²) in [6.45, 7) is 2.08. The summed E-state index contributed by atoms with van der Waals surface area (Å²) >= 11 is 0. The molecule has 3 nitrogen and oxygen atoms in total. The minimum absolute atomic E-state index is 0.0475. The molecule has 0 spiro atoms. The Morgan fingerprint density at radius 3 is 2.76 bits per heavy atom. The van der Waals surface area contributed by atoms with Gasteiger partial charge in [-0.15, -0.1) is 0 Å². The minimum Gasteiger partial charge on any atom is -0.507 e. The smallest absolute Gasteiger partial charge is 0.255 e. The first kappa shape index (κ1) is 12.0. The Morgan fingerprint density at radius 2 is 2.18 bits per heavy atom. The van der Waals surface area contributed by atoms with Crippen molar-refractivity contribution in [1.29, 1.82) is 0 Å². The number of phenolic OH excluding ortho intramolecular Hbond substituents is 1. The van der Waals surface area contributed by atoms with Crippen LogP contribution in [0.3, 0.4) is 0 Å². The second-order valence-electron chi connectivity index (χ2n) is 4.77. The average molecular weight is 233 g/mol. The van der Waals surface area contributed by atoms with Crippen molar-refractivity contribution in [3.8, 4) is 5.75 Å². The fourth-order valence-electron chi connectivity index (χ4n) is 2.01. The molecule has 3 heteroatoms. The van der Waals surface area contributed by atoms with Gasteiger partial charge in [0.25, 0.3) is 5.91 Å². The summed E-state index contributed by atoms with van der Waals surface area (Å²) in [4.78, 5) is 12.0. The summed E-state index contributed by atoms with van der Waals surface area (Å²) < 4.78 is 0. The van der Waals surface area contributed by atoms with Gasteiger partial charge in [0.15, 0.2) is 0 Å². The highest BCUT2D eigenvalue weighted by Crippen LogP contribution is 2.34. The fourth-order valence-corrected chi connectivity index (χ4v) is 2.01. The lowest BCUT2D eigenvalue weighted by atomic mass is 10.1. The van der Waals surface area contributed by atoms with Crippen LogP contribution >= 0.6 is 0 Å². The molecule has 0 radical (unpaired) electrons. The Bertz CT molecular complexity index is 399. The number of nitrogens with one attached hydrogen (secondary N) is 1. The molecule has 0 bridgehead atoms. The molecule has 1 aromatic carbocycles. The number of carbonyl (C=O) groups excluding carboxylic acids is 1. The van der Waals surface area contributed by atoms with Crippen molar-refractivity contribution in [2.75, 3.05) is 0 Å². The molecule has 2 N–H and O–H groups in total. The Balaban J connectivity index is 1.97. The van der Waals surface area contributed by atoms with Crippen LogP contribution in [0.2, 0.25) is 0 Å². The second kappa shape index (κ2) is 5.21. The molecule has 0 heterocycles. The number of aromatic hydroxyl groups is 1. The third kappa shape index (κ3) is 3.22. The Labute approximate surface area is 102 Å². The van der Waals surface area contributed by atoms with Crippen LogP contribution < -0.4 is 5.32 Å². The number of rotatable bonds is 5. The maximum atomic E-state index is 12.0. The lowest BCUT2D eigenvalue weighted by Crippen LogP contribution is -2.34. The maximum absolute atomic E-state index is 12.0. The van der Waals surface area contributed by atoms with Crippen LogP contribution in [0.25, 0.3) is 0 Å². The van der Waals surface area contributed by atoms with E-state index >= 15 is 0 Å². The van der Waals surface area contributed by atoms with Crippen LogP contribution in [-0.4, -0.2) is 17.1 Å². The molecule has 17 heavy (non-hydrogen) atoms. The van der Waals surface area contributed by atoms with E-state index in [1.807, 2.05) is 0 Å². The zero-order valence-electron chi connectivity index (χ0n) is 10.1. The Morgan fingerprint density at radius 1 is 1.47 bits per heavy atom. The normalized spacial score (nSPS) is 16.5. The highest BCUT2D eigenvalue weighted by atomic mass is 16.3. The standard InChI is InChI=1S/C14H19NO2/c1-2-11(9-10-7-8-10)15-14(17)12-5-3-4-6-13(12)16/h3-6,10-11,16H,2,7-9H2,1H3,(H,15,17). The number of hydrogen-bond donors (Lipinski definition) is 2. The summed E-state index contributed by atoms with van der Waals surface area (Å²) in [7, 11) is 0. The van der Waals surface area contributed by atoms with Crippen molar-refractivity contribution >= 4 is 5.91 Å². The van der Waals surface area contributed by atoms with Gasteiger partial charge < -0.3 is 10.4 Å². The van der Waals surface area contributed by atoms with Crippen molar-refractivity contribution in [2.24, 2.45) is 5.92 Å². The fraction of sp³-hybridized carbons (Fsp3) is 0.500. The van der Waals surface area contributed by atoms with Crippen LogP contribution in [0.5, 0.6) is 5.75 Å². The van der Waals surface area contributed by atoms with Crippen molar-refractivity contribution in [1.82, 2.24) is 5.32 Å². The van der Waals surface area contributed by atoms with Gasteiger partial charge in [-0.3, -0.25) is 4.79 Å². The van der Waals surface area contributed by atoms with Crippen molar-refractivity contribution in [3.63, 3.8) is 0 Å². The van der Waals surface area contributed by atoms with E-state index in [9.17, 15) is 9.90 Å². The topological polar surface area (TPSA) is 49.3 Å². The summed E-state index contributed by atoms with van der Waals surface area (Å²) in [6, 6.07) is 6.89. The molecule has 2 rings (SSSR count). The largest absolute Gasteiger partial charge is 0.507 e. The summed E-state index contributed by atoms with van der Waals surface area (Å²) in [5.41, 5.74) is 0.363. The van der Waals surface area contributed by atoms with E-state index in [0.717, 1.165) is 18.8 Å². The van der Waals surface area contributed by atoms with Gasteiger partial charge in [-0.1, -0.05) is 31.9 Å². The van der Waals surface area contributed by atoms with E-state index in [1.165, 1.54) is 18.9 Å². The number of hydrogen-bond acceptors (Lipinski definition) is 2. The van der Waals surface area contributed by atoms with Crippen LogP contribution in [0.15, 0.2) is 24.3 Å². The second-order valence-corrected chi connectivity index (χ2v) is 4.77. The molecule has 0 aromatic heterocycles. The highest BCUT2D eigenvalue weighted by molar-refractivity contribution is 5.96. The van der Waals surface area contributed by atoms with Crippen LogP contribution in [0.4, 0.5) is 0 Å². The Hall–Kier alpha value is -1.51. The van der Waals surface area contributed by atoms with Crippen molar-refractivity contribution in [2.45, 2.75) is 38.6 Å². The molecule has 1 aliphatic carbocycles. The molecule has 1 fully saturated rings. The van der Waals surface area contributed by atoms with E-state index in [4.69, 9.17) is 0 Å². The zero-order chi connectivity index (χ0) is 12.3. The SMILES string of the molecule is CCC(CC1CC1)NC(=O)c1ccccc1O. The van der Waals surface area contributed by atoms with Crippen LogP contribution in [0.1, 0.15) is 43.0 Å². The lowest BCUT2D eigenvalue weighted by molar-refractivity contribution is 0.0930. The number of amides is 1. The van der Waals surface area contributed by atoms with Gasteiger partial charge in [0, 0.05) is 6.04 Å². The molecule has 0 aliphatic heterocycles. The zero-order valence-corrected chi connectivity index (χ0v) is 10.1. The molecule has 92 valence electrons. The van der Waals surface area contributed by atoms with Gasteiger partial charge in [0.1, 0.15) is 5.75 Å². The van der Waals surface area contributed by atoms with Crippen LogP contribution in [-0.2, 0) is 0 Å². The molecule has 1 saturated carbocycles.